The van der Waals surface area contributed by atoms with Gasteiger partial charge in [0.1, 0.15) is 0 Å². The molecule has 0 heterocycles. The molecule has 0 nitrogen and oxygen atoms in total. The molecule has 0 spiro atoms. The second kappa shape index (κ2) is 4.18. The standard InChI is InChI=1S/C6H7P.Ru/c7-6-4-2-1-3-5-6;/h1-5H,7H2;/q;+3. The molecule has 41 valence electrons. The van der Waals surface area contributed by atoms with Gasteiger partial charge in [0.25, 0.3) is 0 Å². The van der Waals surface area contributed by atoms with Crippen molar-refractivity contribution in [1.29, 1.82) is 0 Å². The maximum atomic E-state index is 2.63. The molecule has 1 aromatic carbocycles. The number of benzene rings is 1. The molecule has 2 heteroatoms. The van der Waals surface area contributed by atoms with Gasteiger partial charge in [-0.25, -0.2) is 0 Å². The molecule has 0 saturated heterocycles. The molecule has 8 heavy (non-hydrogen) atoms. The van der Waals surface area contributed by atoms with Crippen molar-refractivity contribution in [3.8, 4) is 0 Å². The molecular formula is C6H7PRu+3. The van der Waals surface area contributed by atoms with Gasteiger partial charge in [-0.2, -0.15) is 0 Å². The Kier molecular flexibility index (Phi) is 4.32. The van der Waals surface area contributed by atoms with Gasteiger partial charge in [-0.3, -0.25) is 0 Å². The van der Waals surface area contributed by atoms with Crippen LogP contribution in [0.5, 0.6) is 0 Å². The summed E-state index contributed by atoms with van der Waals surface area (Å²) < 4.78 is 0. The van der Waals surface area contributed by atoms with Crippen LogP contribution in [0.3, 0.4) is 0 Å². The van der Waals surface area contributed by atoms with Crippen LogP contribution in [0.15, 0.2) is 30.3 Å². The first-order valence-electron chi connectivity index (χ1n) is 2.20. The van der Waals surface area contributed by atoms with Crippen LogP contribution in [0, 0.1) is 0 Å². The second-order valence-electron chi connectivity index (χ2n) is 1.41. The molecule has 0 bridgehead atoms. The fourth-order valence-corrected chi connectivity index (χ4v) is 0.675. The number of hydrogen-bond donors (Lipinski definition) is 0. The van der Waals surface area contributed by atoms with Crippen LogP contribution in [-0.4, -0.2) is 0 Å². The first-order chi connectivity index (χ1) is 3.39. The van der Waals surface area contributed by atoms with Gasteiger partial charge < -0.3 is 0 Å². The van der Waals surface area contributed by atoms with Crippen molar-refractivity contribution in [2.45, 2.75) is 0 Å². The predicted octanol–water partition coefficient (Wildman–Crippen LogP) is 1.18. The molecule has 1 rings (SSSR count). The van der Waals surface area contributed by atoms with Crippen molar-refractivity contribution in [3.05, 3.63) is 30.3 Å². The fraction of sp³-hybridized carbons (Fsp3) is 0. The van der Waals surface area contributed by atoms with Gasteiger partial charge in [0.15, 0.2) is 0 Å². The monoisotopic (exact) mass is 212 g/mol. The van der Waals surface area contributed by atoms with E-state index in [4.69, 9.17) is 0 Å². The Balaban J connectivity index is 0.000000490. The molecular weight excluding hydrogens is 204 g/mol. The van der Waals surface area contributed by atoms with Gasteiger partial charge in [0.2, 0.25) is 0 Å². The molecule has 1 unspecified atom stereocenters. The third-order valence-corrected chi connectivity index (χ3v) is 1.18. The van der Waals surface area contributed by atoms with Crippen LogP contribution in [-0.2, 0) is 19.5 Å². The van der Waals surface area contributed by atoms with Gasteiger partial charge in [0.05, 0.1) is 0 Å². The zero-order valence-electron chi connectivity index (χ0n) is 4.32. The molecule has 0 aliphatic carbocycles. The molecule has 1 aromatic rings. The Hall–Kier alpha value is 0.273. The first kappa shape index (κ1) is 8.27. The van der Waals surface area contributed by atoms with E-state index in [0.717, 1.165) is 0 Å². The molecule has 1 radical (unpaired) electrons. The fourth-order valence-electron chi connectivity index (χ4n) is 0.453. The quantitative estimate of drug-likeness (QED) is 0.446. The van der Waals surface area contributed by atoms with Gasteiger partial charge in [-0.1, -0.05) is 30.3 Å². The summed E-state index contributed by atoms with van der Waals surface area (Å²) in [7, 11) is 2.63. The predicted molar refractivity (Wildman–Crippen MR) is 35.8 cm³/mol. The van der Waals surface area contributed by atoms with E-state index in [-0.39, 0.29) is 19.5 Å². The summed E-state index contributed by atoms with van der Waals surface area (Å²) in [5, 5.41) is 1.24. The third-order valence-electron chi connectivity index (χ3n) is 0.800. The summed E-state index contributed by atoms with van der Waals surface area (Å²) in [6, 6.07) is 10.1. The summed E-state index contributed by atoms with van der Waals surface area (Å²) in [4.78, 5) is 0. The van der Waals surface area contributed by atoms with E-state index in [9.17, 15) is 0 Å². The average Bonchev–Trinajstić information content (AvgIpc) is 1.69. The maximum Gasteiger partial charge on any atom is 3.00 e. The van der Waals surface area contributed by atoms with Gasteiger partial charge >= 0.3 is 19.5 Å². The molecule has 0 aliphatic heterocycles. The maximum absolute atomic E-state index is 2.63. The van der Waals surface area contributed by atoms with Crippen molar-refractivity contribution in [2.75, 3.05) is 0 Å². The Bertz CT molecular complexity index is 138. The van der Waals surface area contributed by atoms with Crippen LogP contribution < -0.4 is 5.30 Å². The summed E-state index contributed by atoms with van der Waals surface area (Å²) in [5.41, 5.74) is 0. The minimum atomic E-state index is 0. The Morgan fingerprint density at radius 1 is 1.00 bits per heavy atom. The first-order valence-corrected chi connectivity index (χ1v) is 2.78. The van der Waals surface area contributed by atoms with E-state index in [1.807, 2.05) is 30.3 Å². The van der Waals surface area contributed by atoms with Crippen LogP contribution in [0.25, 0.3) is 0 Å². The van der Waals surface area contributed by atoms with Crippen molar-refractivity contribution < 1.29 is 19.5 Å². The number of rotatable bonds is 0. The molecule has 0 amide bonds. The minimum Gasteiger partial charge on any atom is -0.106 e. The summed E-state index contributed by atoms with van der Waals surface area (Å²) in [6.07, 6.45) is 0. The second-order valence-corrected chi connectivity index (χ2v) is 2.08. The van der Waals surface area contributed by atoms with Crippen LogP contribution in [0.2, 0.25) is 0 Å². The molecule has 0 aliphatic rings. The van der Waals surface area contributed by atoms with Gasteiger partial charge in [-0.05, 0) is 5.30 Å². The largest absolute Gasteiger partial charge is 3.00 e. The van der Waals surface area contributed by atoms with Crippen molar-refractivity contribution in [2.24, 2.45) is 0 Å². The SMILES string of the molecule is Pc1ccccc1.[Ru+3]. The van der Waals surface area contributed by atoms with Crippen molar-refractivity contribution in [1.82, 2.24) is 0 Å². The molecule has 0 aromatic heterocycles. The van der Waals surface area contributed by atoms with E-state index in [2.05, 4.69) is 9.24 Å². The smallest absolute Gasteiger partial charge is 0.106 e. The van der Waals surface area contributed by atoms with Crippen LogP contribution in [0.1, 0.15) is 0 Å². The summed E-state index contributed by atoms with van der Waals surface area (Å²) in [5.74, 6) is 0. The van der Waals surface area contributed by atoms with Crippen molar-refractivity contribution >= 4 is 14.5 Å². The van der Waals surface area contributed by atoms with E-state index in [1.165, 1.54) is 5.30 Å². The summed E-state index contributed by atoms with van der Waals surface area (Å²) >= 11 is 0. The van der Waals surface area contributed by atoms with Gasteiger partial charge in [0, 0.05) is 0 Å². The zero-order chi connectivity index (χ0) is 5.11. The molecule has 0 saturated carbocycles. The van der Waals surface area contributed by atoms with Gasteiger partial charge in [-0.15, -0.1) is 9.24 Å². The van der Waals surface area contributed by atoms with Crippen LogP contribution >= 0.6 is 9.24 Å². The van der Waals surface area contributed by atoms with Crippen molar-refractivity contribution in [3.63, 3.8) is 0 Å². The Morgan fingerprint density at radius 2 is 1.50 bits per heavy atom. The van der Waals surface area contributed by atoms with E-state index >= 15 is 0 Å². The Morgan fingerprint density at radius 3 is 1.75 bits per heavy atom. The van der Waals surface area contributed by atoms with E-state index in [0.29, 0.717) is 0 Å². The summed E-state index contributed by atoms with van der Waals surface area (Å²) in [6.45, 7) is 0. The normalized spacial score (nSPS) is 7.62. The topological polar surface area (TPSA) is 0 Å². The third kappa shape index (κ3) is 2.55. The van der Waals surface area contributed by atoms with E-state index in [1.54, 1.807) is 0 Å². The van der Waals surface area contributed by atoms with Crippen LogP contribution in [0.4, 0.5) is 0 Å². The molecule has 1 atom stereocenters. The molecule has 0 fully saturated rings. The zero-order valence-corrected chi connectivity index (χ0v) is 7.21. The number of hydrogen-bond acceptors (Lipinski definition) is 0. The average molecular weight is 211 g/mol. The minimum absolute atomic E-state index is 0. The Labute approximate surface area is 64.6 Å². The van der Waals surface area contributed by atoms with E-state index < -0.39 is 0 Å². The molecule has 0 N–H and O–H groups in total.